The van der Waals surface area contributed by atoms with Gasteiger partial charge in [0, 0.05) is 32.4 Å². The SMILES string of the molecule is Cc1cnc(C(=O)NC[C@@H]2CN(CC(C)C)CCO2)cn1. The number of nitrogens with one attached hydrogen (secondary N) is 1. The van der Waals surface area contributed by atoms with Crippen LogP contribution in [0.25, 0.3) is 0 Å². The first-order chi connectivity index (χ1) is 10.0. The molecule has 6 nitrogen and oxygen atoms in total. The average molecular weight is 292 g/mol. The Hall–Kier alpha value is -1.53. The second-order valence-electron chi connectivity index (χ2n) is 5.90. The van der Waals surface area contributed by atoms with E-state index in [2.05, 4.69) is 34.0 Å². The van der Waals surface area contributed by atoms with E-state index in [0.29, 0.717) is 18.2 Å². The molecule has 1 fully saturated rings. The smallest absolute Gasteiger partial charge is 0.271 e. The highest BCUT2D eigenvalue weighted by atomic mass is 16.5. The van der Waals surface area contributed by atoms with E-state index in [4.69, 9.17) is 4.74 Å². The molecule has 1 aromatic heterocycles. The topological polar surface area (TPSA) is 67.4 Å². The van der Waals surface area contributed by atoms with E-state index in [1.807, 2.05) is 6.92 Å². The summed E-state index contributed by atoms with van der Waals surface area (Å²) in [5.74, 6) is 0.438. The molecule has 1 aromatic rings. The van der Waals surface area contributed by atoms with E-state index >= 15 is 0 Å². The van der Waals surface area contributed by atoms with Crippen molar-refractivity contribution < 1.29 is 9.53 Å². The molecule has 0 saturated carbocycles. The molecule has 0 radical (unpaired) electrons. The van der Waals surface area contributed by atoms with Crippen LogP contribution in [0.1, 0.15) is 30.0 Å². The summed E-state index contributed by atoms with van der Waals surface area (Å²) in [6, 6.07) is 0. The number of amides is 1. The molecule has 2 rings (SSSR count). The zero-order chi connectivity index (χ0) is 15.2. The molecule has 21 heavy (non-hydrogen) atoms. The molecule has 0 unspecified atom stereocenters. The molecular formula is C15H24N4O2. The summed E-state index contributed by atoms with van der Waals surface area (Å²) in [5.41, 5.74) is 1.14. The Morgan fingerprint density at radius 2 is 2.29 bits per heavy atom. The number of nitrogens with zero attached hydrogens (tertiary/aromatic N) is 3. The lowest BCUT2D eigenvalue weighted by Gasteiger charge is -2.33. The van der Waals surface area contributed by atoms with Gasteiger partial charge in [-0.2, -0.15) is 0 Å². The summed E-state index contributed by atoms with van der Waals surface area (Å²) >= 11 is 0. The predicted molar refractivity (Wildman–Crippen MR) is 80.1 cm³/mol. The van der Waals surface area contributed by atoms with Crippen LogP contribution in [0.3, 0.4) is 0 Å². The van der Waals surface area contributed by atoms with E-state index in [-0.39, 0.29) is 12.0 Å². The van der Waals surface area contributed by atoms with Crippen molar-refractivity contribution in [2.45, 2.75) is 26.9 Å². The zero-order valence-corrected chi connectivity index (χ0v) is 13.0. The van der Waals surface area contributed by atoms with Crippen LogP contribution >= 0.6 is 0 Å². The lowest BCUT2D eigenvalue weighted by molar-refractivity contribution is -0.0295. The molecule has 0 spiro atoms. The quantitative estimate of drug-likeness (QED) is 0.872. The van der Waals surface area contributed by atoms with Crippen LogP contribution in [0.4, 0.5) is 0 Å². The van der Waals surface area contributed by atoms with Crippen LogP contribution in [0.2, 0.25) is 0 Å². The van der Waals surface area contributed by atoms with Crippen molar-refractivity contribution in [1.29, 1.82) is 0 Å². The molecule has 0 aromatic carbocycles. The maximum atomic E-state index is 12.0. The molecule has 116 valence electrons. The van der Waals surface area contributed by atoms with Crippen molar-refractivity contribution in [2.24, 2.45) is 5.92 Å². The first-order valence-corrected chi connectivity index (χ1v) is 7.45. The maximum Gasteiger partial charge on any atom is 0.271 e. The van der Waals surface area contributed by atoms with Gasteiger partial charge in [-0.25, -0.2) is 4.98 Å². The van der Waals surface area contributed by atoms with Crippen LogP contribution < -0.4 is 5.32 Å². The van der Waals surface area contributed by atoms with Gasteiger partial charge in [-0.1, -0.05) is 13.8 Å². The van der Waals surface area contributed by atoms with Gasteiger partial charge in [0.05, 0.1) is 24.6 Å². The summed E-state index contributed by atoms with van der Waals surface area (Å²) in [6.45, 7) is 10.4. The fourth-order valence-corrected chi connectivity index (χ4v) is 2.39. The Morgan fingerprint density at radius 3 is 2.95 bits per heavy atom. The van der Waals surface area contributed by atoms with Crippen molar-refractivity contribution in [3.05, 3.63) is 23.8 Å². The normalized spacial score (nSPS) is 19.7. The average Bonchev–Trinajstić information content (AvgIpc) is 2.45. The van der Waals surface area contributed by atoms with Gasteiger partial charge >= 0.3 is 0 Å². The summed E-state index contributed by atoms with van der Waals surface area (Å²) < 4.78 is 5.70. The van der Waals surface area contributed by atoms with Crippen molar-refractivity contribution in [2.75, 3.05) is 32.8 Å². The third kappa shape index (κ3) is 5.06. The van der Waals surface area contributed by atoms with E-state index in [9.17, 15) is 4.79 Å². The molecule has 1 atom stereocenters. The molecule has 0 aliphatic carbocycles. The zero-order valence-electron chi connectivity index (χ0n) is 13.0. The standard InChI is InChI=1S/C15H24N4O2/c1-11(2)9-19-4-5-21-13(10-19)7-18-15(20)14-8-16-12(3)6-17-14/h6,8,11,13H,4-5,7,9-10H2,1-3H3,(H,18,20)/t13-/m1/s1. The van der Waals surface area contributed by atoms with Gasteiger partial charge in [-0.05, 0) is 12.8 Å². The summed E-state index contributed by atoms with van der Waals surface area (Å²) in [5, 5.41) is 2.87. The number of carbonyl (C=O) groups is 1. The number of carbonyl (C=O) groups excluding carboxylic acids is 1. The van der Waals surface area contributed by atoms with Gasteiger partial charge in [-0.15, -0.1) is 0 Å². The number of rotatable bonds is 5. The largest absolute Gasteiger partial charge is 0.374 e. The highest BCUT2D eigenvalue weighted by Crippen LogP contribution is 2.07. The highest BCUT2D eigenvalue weighted by Gasteiger charge is 2.21. The number of hydrogen-bond donors (Lipinski definition) is 1. The van der Waals surface area contributed by atoms with Gasteiger partial charge in [0.25, 0.3) is 5.91 Å². The summed E-state index contributed by atoms with van der Waals surface area (Å²) in [7, 11) is 0. The van der Waals surface area contributed by atoms with Crippen LogP contribution in [-0.4, -0.2) is 59.7 Å². The summed E-state index contributed by atoms with van der Waals surface area (Å²) in [4.78, 5) is 22.5. The predicted octanol–water partition coefficient (Wildman–Crippen LogP) is 0.872. The molecular weight excluding hydrogens is 268 g/mol. The molecule has 2 heterocycles. The van der Waals surface area contributed by atoms with Crippen molar-refractivity contribution in [3.8, 4) is 0 Å². The molecule has 1 N–H and O–H groups in total. The Kier molecular flexibility index (Phi) is 5.64. The number of aromatic nitrogens is 2. The molecule has 1 amide bonds. The van der Waals surface area contributed by atoms with E-state index in [1.54, 1.807) is 6.20 Å². The second kappa shape index (κ2) is 7.47. The highest BCUT2D eigenvalue weighted by molar-refractivity contribution is 5.91. The van der Waals surface area contributed by atoms with Gasteiger partial charge in [-0.3, -0.25) is 14.7 Å². The second-order valence-corrected chi connectivity index (χ2v) is 5.90. The van der Waals surface area contributed by atoms with Crippen molar-refractivity contribution in [1.82, 2.24) is 20.2 Å². The van der Waals surface area contributed by atoms with Crippen LogP contribution in [-0.2, 0) is 4.74 Å². The van der Waals surface area contributed by atoms with Gasteiger partial charge in [0.1, 0.15) is 5.69 Å². The van der Waals surface area contributed by atoms with Crippen LogP contribution in [0.15, 0.2) is 12.4 Å². The molecule has 1 aliphatic heterocycles. The lowest BCUT2D eigenvalue weighted by atomic mass is 10.2. The fraction of sp³-hybridized carbons (Fsp3) is 0.667. The molecule has 0 bridgehead atoms. The van der Waals surface area contributed by atoms with Crippen molar-refractivity contribution >= 4 is 5.91 Å². The number of hydrogen-bond acceptors (Lipinski definition) is 5. The Bertz CT molecular complexity index is 461. The first kappa shape index (κ1) is 15.9. The minimum absolute atomic E-state index is 0.0415. The lowest BCUT2D eigenvalue weighted by Crippen LogP contribution is -2.48. The van der Waals surface area contributed by atoms with Crippen LogP contribution in [0.5, 0.6) is 0 Å². The van der Waals surface area contributed by atoms with Gasteiger partial charge in [0.15, 0.2) is 0 Å². The van der Waals surface area contributed by atoms with E-state index in [0.717, 1.165) is 31.9 Å². The van der Waals surface area contributed by atoms with Gasteiger partial charge in [0.2, 0.25) is 0 Å². The molecule has 6 heteroatoms. The first-order valence-electron chi connectivity index (χ1n) is 7.45. The number of aryl methyl sites for hydroxylation is 1. The Balaban J connectivity index is 1.79. The van der Waals surface area contributed by atoms with Crippen molar-refractivity contribution in [3.63, 3.8) is 0 Å². The third-order valence-corrected chi connectivity index (χ3v) is 3.35. The van der Waals surface area contributed by atoms with E-state index in [1.165, 1.54) is 6.20 Å². The Morgan fingerprint density at radius 1 is 1.48 bits per heavy atom. The third-order valence-electron chi connectivity index (χ3n) is 3.35. The molecule has 1 aliphatic rings. The fourth-order valence-electron chi connectivity index (χ4n) is 2.39. The monoisotopic (exact) mass is 292 g/mol. The summed E-state index contributed by atoms with van der Waals surface area (Å²) in [6.07, 6.45) is 3.13. The number of ether oxygens (including phenoxy) is 1. The minimum Gasteiger partial charge on any atom is -0.374 e. The minimum atomic E-state index is -0.202. The van der Waals surface area contributed by atoms with E-state index < -0.39 is 0 Å². The Labute approximate surface area is 125 Å². The maximum absolute atomic E-state index is 12.0. The van der Waals surface area contributed by atoms with Crippen LogP contribution in [0, 0.1) is 12.8 Å². The van der Waals surface area contributed by atoms with Gasteiger partial charge < -0.3 is 10.1 Å². The molecule has 1 saturated heterocycles. The number of morpholine rings is 1.